The van der Waals surface area contributed by atoms with E-state index in [9.17, 15) is 29.8 Å². The highest BCUT2D eigenvalue weighted by molar-refractivity contribution is 5.97. The van der Waals surface area contributed by atoms with Crippen LogP contribution >= 0.6 is 0 Å². The van der Waals surface area contributed by atoms with E-state index in [-0.39, 0.29) is 28.2 Å². The van der Waals surface area contributed by atoms with Crippen LogP contribution in [0.25, 0.3) is 0 Å². The molecule has 10 heteroatoms. The van der Waals surface area contributed by atoms with Gasteiger partial charge in [0.2, 0.25) is 0 Å². The lowest BCUT2D eigenvalue weighted by Gasteiger charge is -2.08. The zero-order chi connectivity index (χ0) is 20.1. The molecule has 0 saturated carbocycles. The lowest BCUT2D eigenvalue weighted by Crippen LogP contribution is -2.21. The lowest BCUT2D eigenvalue weighted by atomic mass is 10.1. The molecule has 10 nitrogen and oxygen atoms in total. The van der Waals surface area contributed by atoms with Crippen LogP contribution in [0.1, 0.15) is 21.5 Å². The smallest absolute Gasteiger partial charge is 0.338 e. The van der Waals surface area contributed by atoms with Gasteiger partial charge in [0.25, 0.3) is 17.3 Å². The Balaban J connectivity index is 2.02. The minimum Gasteiger partial charge on any atom is -0.452 e. The van der Waals surface area contributed by atoms with E-state index >= 15 is 0 Å². The third kappa shape index (κ3) is 4.84. The maximum Gasteiger partial charge on any atom is 0.338 e. The predicted molar refractivity (Wildman–Crippen MR) is 94.6 cm³/mol. The van der Waals surface area contributed by atoms with Crippen molar-refractivity contribution in [3.63, 3.8) is 0 Å². The second-order valence-corrected chi connectivity index (χ2v) is 5.66. The average molecular weight is 373 g/mol. The second-order valence-electron chi connectivity index (χ2n) is 5.66. The summed E-state index contributed by atoms with van der Waals surface area (Å²) >= 11 is 0. The van der Waals surface area contributed by atoms with Crippen LogP contribution in [0.3, 0.4) is 0 Å². The van der Waals surface area contributed by atoms with E-state index in [0.29, 0.717) is 5.56 Å². The van der Waals surface area contributed by atoms with Crippen molar-refractivity contribution in [1.82, 2.24) is 0 Å². The summed E-state index contributed by atoms with van der Waals surface area (Å²) in [5.74, 6) is -1.60. The van der Waals surface area contributed by atoms with Gasteiger partial charge in [-0.05, 0) is 37.6 Å². The fraction of sp³-hybridized carbons (Fsp3) is 0.176. The quantitative estimate of drug-likeness (QED) is 0.466. The molecule has 0 spiro atoms. The second kappa shape index (κ2) is 8.04. The number of hydrogen-bond acceptors (Lipinski definition) is 7. The molecule has 0 aliphatic carbocycles. The molecule has 0 aliphatic heterocycles. The van der Waals surface area contributed by atoms with Crippen LogP contribution in [0.4, 0.5) is 17.1 Å². The van der Waals surface area contributed by atoms with Crippen molar-refractivity contribution in [2.24, 2.45) is 0 Å². The van der Waals surface area contributed by atoms with Crippen LogP contribution in [0.15, 0.2) is 36.4 Å². The van der Waals surface area contributed by atoms with Gasteiger partial charge in [0.05, 0.1) is 15.4 Å². The molecule has 140 valence electrons. The first-order chi connectivity index (χ1) is 12.7. The van der Waals surface area contributed by atoms with E-state index < -0.39 is 28.3 Å². The van der Waals surface area contributed by atoms with Crippen molar-refractivity contribution in [1.29, 1.82) is 0 Å². The van der Waals surface area contributed by atoms with Gasteiger partial charge in [-0.3, -0.25) is 25.0 Å². The number of amides is 1. The number of esters is 1. The third-order valence-electron chi connectivity index (χ3n) is 3.59. The number of aryl methyl sites for hydroxylation is 2. The molecule has 0 heterocycles. The zero-order valence-electron chi connectivity index (χ0n) is 14.4. The third-order valence-corrected chi connectivity index (χ3v) is 3.59. The normalized spacial score (nSPS) is 10.1. The van der Waals surface area contributed by atoms with Gasteiger partial charge in [-0.1, -0.05) is 6.07 Å². The van der Waals surface area contributed by atoms with Crippen LogP contribution in [0.5, 0.6) is 0 Å². The fourth-order valence-electron chi connectivity index (χ4n) is 2.29. The van der Waals surface area contributed by atoms with E-state index in [0.717, 1.165) is 0 Å². The maximum atomic E-state index is 12.0. The molecule has 0 saturated heterocycles. The summed E-state index contributed by atoms with van der Waals surface area (Å²) in [7, 11) is 0. The standard InChI is InChI=1S/C17H15N3O7/c1-10-3-5-13(15(7-10)20(25)26)18-16(21)9-27-17(22)12-4-6-14(19(23)24)11(2)8-12/h3-8H,9H2,1-2H3,(H,18,21). The number of ether oxygens (including phenoxy) is 1. The topological polar surface area (TPSA) is 142 Å². The van der Waals surface area contributed by atoms with Crippen molar-refractivity contribution in [2.75, 3.05) is 11.9 Å². The highest BCUT2D eigenvalue weighted by Gasteiger charge is 2.18. The number of nitrogens with zero attached hydrogens (tertiary/aromatic N) is 2. The molecule has 0 atom stereocenters. The summed E-state index contributed by atoms with van der Waals surface area (Å²) in [6.45, 7) is 2.48. The van der Waals surface area contributed by atoms with E-state index in [1.165, 1.54) is 37.3 Å². The van der Waals surface area contributed by atoms with Gasteiger partial charge in [0, 0.05) is 17.7 Å². The Morgan fingerprint density at radius 2 is 1.67 bits per heavy atom. The molecule has 0 aliphatic rings. The number of carbonyl (C=O) groups excluding carboxylic acids is 2. The summed E-state index contributed by atoms with van der Waals surface area (Å²) in [5, 5.41) is 24.1. The Bertz CT molecular complexity index is 940. The molecule has 2 rings (SSSR count). The number of rotatable bonds is 6. The van der Waals surface area contributed by atoms with Gasteiger partial charge >= 0.3 is 5.97 Å². The average Bonchev–Trinajstić information content (AvgIpc) is 2.60. The SMILES string of the molecule is Cc1ccc(NC(=O)COC(=O)c2ccc([N+](=O)[O-])c(C)c2)c([N+](=O)[O-])c1. The zero-order valence-corrected chi connectivity index (χ0v) is 14.4. The van der Waals surface area contributed by atoms with Crippen molar-refractivity contribution in [3.05, 3.63) is 73.3 Å². The molecule has 2 aromatic rings. The Kier molecular flexibility index (Phi) is 5.81. The van der Waals surface area contributed by atoms with Crippen LogP contribution in [0, 0.1) is 34.1 Å². The summed E-state index contributed by atoms with van der Waals surface area (Å²) in [6.07, 6.45) is 0. The lowest BCUT2D eigenvalue weighted by molar-refractivity contribution is -0.385. The van der Waals surface area contributed by atoms with E-state index in [1.54, 1.807) is 13.0 Å². The molecule has 1 N–H and O–H groups in total. The first-order valence-electron chi connectivity index (χ1n) is 7.66. The predicted octanol–water partition coefficient (Wildman–Crippen LogP) is 2.92. The molecule has 0 fully saturated rings. The highest BCUT2D eigenvalue weighted by atomic mass is 16.6. The Morgan fingerprint density at radius 1 is 1.00 bits per heavy atom. The van der Waals surface area contributed by atoms with Gasteiger partial charge in [-0.15, -0.1) is 0 Å². The monoisotopic (exact) mass is 373 g/mol. The Hall–Kier alpha value is -3.82. The van der Waals surface area contributed by atoms with Gasteiger partial charge in [-0.2, -0.15) is 0 Å². The van der Waals surface area contributed by atoms with Crippen molar-refractivity contribution in [2.45, 2.75) is 13.8 Å². The molecule has 0 aromatic heterocycles. The number of hydrogen-bond donors (Lipinski definition) is 1. The minimum absolute atomic E-state index is 0.0159. The van der Waals surface area contributed by atoms with Crippen molar-refractivity contribution in [3.8, 4) is 0 Å². The highest BCUT2D eigenvalue weighted by Crippen LogP contribution is 2.25. The number of carbonyl (C=O) groups is 2. The molecule has 27 heavy (non-hydrogen) atoms. The van der Waals surface area contributed by atoms with Crippen LogP contribution in [-0.4, -0.2) is 28.3 Å². The molecule has 0 radical (unpaired) electrons. The van der Waals surface area contributed by atoms with E-state index in [1.807, 2.05) is 0 Å². The molecule has 1 amide bonds. The number of anilines is 1. The van der Waals surface area contributed by atoms with Crippen LogP contribution in [-0.2, 0) is 9.53 Å². The van der Waals surface area contributed by atoms with Crippen LogP contribution in [0.2, 0.25) is 0 Å². The maximum absolute atomic E-state index is 12.0. The number of nitrogens with one attached hydrogen (secondary N) is 1. The Morgan fingerprint density at radius 3 is 2.26 bits per heavy atom. The molecular formula is C17H15N3O7. The summed E-state index contributed by atoms with van der Waals surface area (Å²) in [4.78, 5) is 44.5. The molecular weight excluding hydrogens is 358 g/mol. The molecule has 0 bridgehead atoms. The summed E-state index contributed by atoms with van der Waals surface area (Å²) < 4.78 is 4.85. The summed E-state index contributed by atoms with van der Waals surface area (Å²) in [6, 6.07) is 7.95. The molecule has 0 unspecified atom stereocenters. The largest absolute Gasteiger partial charge is 0.452 e. The first kappa shape index (κ1) is 19.5. The van der Waals surface area contributed by atoms with Crippen molar-refractivity contribution < 1.29 is 24.2 Å². The minimum atomic E-state index is -0.846. The molecule has 2 aromatic carbocycles. The van der Waals surface area contributed by atoms with Crippen LogP contribution < -0.4 is 5.32 Å². The van der Waals surface area contributed by atoms with Gasteiger partial charge < -0.3 is 10.1 Å². The fourth-order valence-corrected chi connectivity index (χ4v) is 2.29. The van der Waals surface area contributed by atoms with Crippen molar-refractivity contribution >= 4 is 28.9 Å². The number of nitro benzene ring substituents is 2. The van der Waals surface area contributed by atoms with E-state index in [4.69, 9.17) is 4.74 Å². The van der Waals surface area contributed by atoms with E-state index in [2.05, 4.69) is 5.32 Å². The number of nitro groups is 2. The summed E-state index contributed by atoms with van der Waals surface area (Å²) in [5.41, 5.74) is 0.538. The number of benzene rings is 2. The Labute approximate surface area is 153 Å². The van der Waals surface area contributed by atoms with Gasteiger partial charge in [0.1, 0.15) is 5.69 Å². The van der Waals surface area contributed by atoms with Gasteiger partial charge in [0.15, 0.2) is 6.61 Å². The first-order valence-corrected chi connectivity index (χ1v) is 7.66. The van der Waals surface area contributed by atoms with Gasteiger partial charge in [-0.25, -0.2) is 4.79 Å².